The number of benzene rings is 1. The lowest BCUT2D eigenvalue weighted by molar-refractivity contribution is -0.136. The fourth-order valence-electron chi connectivity index (χ4n) is 2.50. The van der Waals surface area contributed by atoms with E-state index in [2.05, 4.69) is 10.6 Å². The van der Waals surface area contributed by atoms with Crippen LogP contribution in [-0.2, 0) is 9.59 Å². The molecular formula is C15H20N2O3. The number of anilines is 1. The zero-order valence-corrected chi connectivity index (χ0v) is 11.3. The van der Waals surface area contributed by atoms with Gasteiger partial charge >= 0.3 is 11.8 Å². The molecule has 0 aliphatic heterocycles. The number of nitrogens with one attached hydrogen (secondary N) is 2. The van der Waals surface area contributed by atoms with E-state index in [0.29, 0.717) is 5.69 Å². The van der Waals surface area contributed by atoms with Gasteiger partial charge in [0.15, 0.2) is 0 Å². The summed E-state index contributed by atoms with van der Waals surface area (Å²) in [6.07, 6.45) is 3.68. The van der Waals surface area contributed by atoms with Crippen LogP contribution in [0, 0.1) is 5.92 Å². The lowest BCUT2D eigenvalue weighted by Crippen LogP contribution is -2.41. The Kier molecular flexibility index (Phi) is 5.12. The molecule has 0 spiro atoms. The Morgan fingerprint density at radius 3 is 2.45 bits per heavy atom. The molecule has 0 heterocycles. The third kappa shape index (κ3) is 4.06. The van der Waals surface area contributed by atoms with Crippen molar-refractivity contribution in [1.29, 1.82) is 0 Å². The van der Waals surface area contributed by atoms with Crippen LogP contribution in [0.25, 0.3) is 0 Å². The maximum Gasteiger partial charge on any atom is 0.313 e. The normalized spacial score (nSPS) is 16.6. The van der Waals surface area contributed by atoms with Crippen molar-refractivity contribution in [1.82, 2.24) is 5.32 Å². The van der Waals surface area contributed by atoms with E-state index in [-0.39, 0.29) is 12.5 Å². The van der Waals surface area contributed by atoms with Gasteiger partial charge in [0.05, 0.1) is 6.10 Å². The van der Waals surface area contributed by atoms with Gasteiger partial charge in [0.1, 0.15) is 0 Å². The van der Waals surface area contributed by atoms with E-state index >= 15 is 0 Å². The van der Waals surface area contributed by atoms with Gasteiger partial charge < -0.3 is 15.7 Å². The van der Waals surface area contributed by atoms with Crippen molar-refractivity contribution in [2.45, 2.75) is 31.8 Å². The first-order valence-electron chi connectivity index (χ1n) is 6.99. The van der Waals surface area contributed by atoms with E-state index in [1.165, 1.54) is 0 Å². The van der Waals surface area contributed by atoms with E-state index < -0.39 is 17.9 Å². The molecule has 3 N–H and O–H groups in total. The minimum Gasteiger partial charge on any atom is -0.391 e. The average molecular weight is 276 g/mol. The van der Waals surface area contributed by atoms with Crippen molar-refractivity contribution in [3.8, 4) is 0 Å². The Hall–Kier alpha value is -1.88. The zero-order chi connectivity index (χ0) is 14.4. The molecule has 1 unspecified atom stereocenters. The topological polar surface area (TPSA) is 78.4 Å². The van der Waals surface area contributed by atoms with Crippen LogP contribution in [0.1, 0.15) is 25.7 Å². The molecule has 5 nitrogen and oxygen atoms in total. The summed E-state index contributed by atoms with van der Waals surface area (Å²) in [5.74, 6) is -1.19. The summed E-state index contributed by atoms with van der Waals surface area (Å²) in [4.78, 5) is 23.3. The second-order valence-electron chi connectivity index (χ2n) is 5.14. The molecule has 2 amide bonds. The lowest BCUT2D eigenvalue weighted by atomic mass is 10.0. The summed E-state index contributed by atoms with van der Waals surface area (Å²) in [7, 11) is 0. The van der Waals surface area contributed by atoms with Gasteiger partial charge in [-0.25, -0.2) is 0 Å². The van der Waals surface area contributed by atoms with Crippen molar-refractivity contribution in [3.63, 3.8) is 0 Å². The number of carbonyl (C=O) groups excluding carboxylic acids is 2. The van der Waals surface area contributed by atoms with Gasteiger partial charge in [-0.2, -0.15) is 0 Å². The molecule has 1 aliphatic rings. The number of para-hydroxylation sites is 1. The molecule has 0 radical (unpaired) electrons. The zero-order valence-electron chi connectivity index (χ0n) is 11.3. The Bertz CT molecular complexity index is 455. The van der Waals surface area contributed by atoms with Crippen LogP contribution in [0.15, 0.2) is 30.3 Å². The van der Waals surface area contributed by atoms with Gasteiger partial charge in [0.25, 0.3) is 0 Å². The summed E-state index contributed by atoms with van der Waals surface area (Å²) in [5, 5.41) is 14.9. The fourth-order valence-corrected chi connectivity index (χ4v) is 2.50. The molecule has 1 saturated carbocycles. The summed E-state index contributed by atoms with van der Waals surface area (Å²) in [6, 6.07) is 8.79. The summed E-state index contributed by atoms with van der Waals surface area (Å²) in [6.45, 7) is 0.131. The molecule has 2 rings (SSSR count). The number of amides is 2. The molecule has 1 fully saturated rings. The van der Waals surface area contributed by atoms with Gasteiger partial charge in [0, 0.05) is 12.2 Å². The highest BCUT2D eigenvalue weighted by Gasteiger charge is 2.24. The number of rotatable bonds is 4. The van der Waals surface area contributed by atoms with Crippen molar-refractivity contribution >= 4 is 17.5 Å². The van der Waals surface area contributed by atoms with E-state index in [1.807, 2.05) is 6.07 Å². The van der Waals surface area contributed by atoms with Crippen LogP contribution in [0.5, 0.6) is 0 Å². The van der Waals surface area contributed by atoms with Crippen LogP contribution in [0.3, 0.4) is 0 Å². The highest BCUT2D eigenvalue weighted by Crippen LogP contribution is 2.27. The highest BCUT2D eigenvalue weighted by atomic mass is 16.3. The minimum atomic E-state index is -0.717. The number of carbonyl (C=O) groups is 2. The summed E-state index contributed by atoms with van der Waals surface area (Å²) >= 11 is 0. The quantitative estimate of drug-likeness (QED) is 0.725. The summed E-state index contributed by atoms with van der Waals surface area (Å²) < 4.78 is 0. The second kappa shape index (κ2) is 7.05. The molecule has 0 bridgehead atoms. The molecule has 1 aromatic rings. The smallest absolute Gasteiger partial charge is 0.313 e. The monoisotopic (exact) mass is 276 g/mol. The molecule has 20 heavy (non-hydrogen) atoms. The molecule has 1 aliphatic carbocycles. The van der Waals surface area contributed by atoms with Crippen molar-refractivity contribution in [3.05, 3.63) is 30.3 Å². The number of aliphatic hydroxyl groups is 1. The van der Waals surface area contributed by atoms with Gasteiger partial charge in [-0.05, 0) is 30.9 Å². The van der Waals surface area contributed by atoms with Crippen LogP contribution in [0.2, 0.25) is 0 Å². The number of aliphatic hydroxyl groups excluding tert-OH is 1. The number of hydrogen-bond acceptors (Lipinski definition) is 3. The van der Waals surface area contributed by atoms with E-state index in [1.54, 1.807) is 24.3 Å². The molecule has 108 valence electrons. The first kappa shape index (κ1) is 14.5. The third-order valence-electron chi connectivity index (χ3n) is 3.65. The second-order valence-corrected chi connectivity index (χ2v) is 5.14. The maximum atomic E-state index is 11.6. The first-order valence-corrected chi connectivity index (χ1v) is 6.99. The minimum absolute atomic E-state index is 0.131. The SMILES string of the molecule is O=C(NCC(O)C1CCCC1)C(=O)Nc1ccccc1. The predicted octanol–water partition coefficient (Wildman–Crippen LogP) is 1.29. The van der Waals surface area contributed by atoms with Gasteiger partial charge in [-0.3, -0.25) is 9.59 Å². The Labute approximate surface area is 118 Å². The van der Waals surface area contributed by atoms with Crippen molar-refractivity contribution < 1.29 is 14.7 Å². The van der Waals surface area contributed by atoms with Crippen LogP contribution in [-0.4, -0.2) is 29.6 Å². The van der Waals surface area contributed by atoms with E-state index in [4.69, 9.17) is 0 Å². The van der Waals surface area contributed by atoms with Crippen LogP contribution < -0.4 is 10.6 Å². The number of hydrogen-bond donors (Lipinski definition) is 3. The van der Waals surface area contributed by atoms with Crippen molar-refractivity contribution in [2.75, 3.05) is 11.9 Å². The Morgan fingerprint density at radius 2 is 1.80 bits per heavy atom. The first-order chi connectivity index (χ1) is 9.66. The predicted molar refractivity (Wildman–Crippen MR) is 76.0 cm³/mol. The maximum absolute atomic E-state index is 11.6. The fraction of sp³-hybridized carbons (Fsp3) is 0.467. The van der Waals surface area contributed by atoms with Gasteiger partial charge in [0.2, 0.25) is 0 Å². The Morgan fingerprint density at radius 1 is 1.15 bits per heavy atom. The van der Waals surface area contributed by atoms with Crippen LogP contribution in [0.4, 0.5) is 5.69 Å². The Balaban J connectivity index is 1.75. The van der Waals surface area contributed by atoms with Gasteiger partial charge in [-0.1, -0.05) is 31.0 Å². The molecule has 0 saturated heterocycles. The van der Waals surface area contributed by atoms with Crippen LogP contribution >= 0.6 is 0 Å². The van der Waals surface area contributed by atoms with E-state index in [9.17, 15) is 14.7 Å². The molecule has 0 aromatic heterocycles. The standard InChI is InChI=1S/C15H20N2O3/c18-13(11-6-4-5-7-11)10-16-14(19)15(20)17-12-8-2-1-3-9-12/h1-3,8-9,11,13,18H,4-7,10H2,(H,16,19)(H,17,20). The largest absolute Gasteiger partial charge is 0.391 e. The molecule has 1 aromatic carbocycles. The highest BCUT2D eigenvalue weighted by molar-refractivity contribution is 6.39. The van der Waals surface area contributed by atoms with Crippen molar-refractivity contribution in [2.24, 2.45) is 5.92 Å². The van der Waals surface area contributed by atoms with Gasteiger partial charge in [-0.15, -0.1) is 0 Å². The third-order valence-corrected chi connectivity index (χ3v) is 3.65. The summed E-state index contributed by atoms with van der Waals surface area (Å²) in [5.41, 5.74) is 0.573. The molecule has 5 heteroatoms. The molecular weight excluding hydrogens is 256 g/mol. The molecule has 1 atom stereocenters. The lowest BCUT2D eigenvalue weighted by Gasteiger charge is -2.17. The average Bonchev–Trinajstić information content (AvgIpc) is 2.99. The van der Waals surface area contributed by atoms with E-state index in [0.717, 1.165) is 25.7 Å².